The molecule has 0 aliphatic heterocycles. The maximum Gasteiger partial charge on any atom is 0.256 e. The monoisotopic (exact) mass is 354 g/mol. The van der Waals surface area contributed by atoms with Gasteiger partial charge in [-0.3, -0.25) is 4.79 Å². The standard InChI is InChI=1S/C15H13BrF2N2O/c1-8-5-9(19-2)3-4-10(8)15(21)20-14-6-11(16)12(17)7-13(14)18/h3-7,19H,1-2H3,(H,20,21). The topological polar surface area (TPSA) is 41.1 Å². The maximum absolute atomic E-state index is 13.6. The van der Waals surface area contributed by atoms with Gasteiger partial charge >= 0.3 is 0 Å². The number of aryl methyl sites for hydroxylation is 1. The first kappa shape index (κ1) is 15.4. The first-order valence-electron chi connectivity index (χ1n) is 6.16. The van der Waals surface area contributed by atoms with Gasteiger partial charge in [0.1, 0.15) is 11.6 Å². The van der Waals surface area contributed by atoms with Gasteiger partial charge in [0, 0.05) is 24.4 Å². The number of benzene rings is 2. The van der Waals surface area contributed by atoms with Crippen molar-refractivity contribution in [2.24, 2.45) is 0 Å². The summed E-state index contributed by atoms with van der Waals surface area (Å²) in [6.45, 7) is 1.78. The Kier molecular flexibility index (Phi) is 4.57. The molecule has 6 heteroatoms. The van der Waals surface area contributed by atoms with Crippen molar-refractivity contribution in [3.8, 4) is 0 Å². The van der Waals surface area contributed by atoms with Gasteiger partial charge in [0.2, 0.25) is 0 Å². The Labute approximate surface area is 129 Å². The molecule has 21 heavy (non-hydrogen) atoms. The van der Waals surface area contributed by atoms with Crippen LogP contribution in [0.5, 0.6) is 0 Å². The predicted molar refractivity (Wildman–Crippen MR) is 82.7 cm³/mol. The van der Waals surface area contributed by atoms with Crippen molar-refractivity contribution in [2.45, 2.75) is 6.92 Å². The van der Waals surface area contributed by atoms with E-state index in [0.29, 0.717) is 5.56 Å². The number of carbonyl (C=O) groups excluding carboxylic acids is 1. The van der Waals surface area contributed by atoms with E-state index in [9.17, 15) is 13.6 Å². The summed E-state index contributed by atoms with van der Waals surface area (Å²) >= 11 is 2.96. The van der Waals surface area contributed by atoms with Gasteiger partial charge in [-0.1, -0.05) is 0 Å². The van der Waals surface area contributed by atoms with Crippen LogP contribution in [-0.2, 0) is 0 Å². The largest absolute Gasteiger partial charge is 0.388 e. The number of anilines is 2. The molecule has 0 spiro atoms. The minimum atomic E-state index is -0.825. The summed E-state index contributed by atoms with van der Waals surface area (Å²) in [4.78, 5) is 12.2. The number of nitrogens with one attached hydrogen (secondary N) is 2. The lowest BCUT2D eigenvalue weighted by Crippen LogP contribution is -2.14. The van der Waals surface area contributed by atoms with Crippen molar-refractivity contribution in [1.29, 1.82) is 0 Å². The molecule has 0 unspecified atom stereocenters. The highest BCUT2D eigenvalue weighted by Crippen LogP contribution is 2.24. The number of amides is 1. The highest BCUT2D eigenvalue weighted by Gasteiger charge is 2.14. The van der Waals surface area contributed by atoms with Crippen LogP contribution in [-0.4, -0.2) is 13.0 Å². The number of halogens is 3. The number of hydrogen-bond donors (Lipinski definition) is 2. The Morgan fingerprint density at radius 3 is 2.48 bits per heavy atom. The van der Waals surface area contributed by atoms with Gasteiger partial charge in [0.15, 0.2) is 0 Å². The molecular weight excluding hydrogens is 342 g/mol. The second kappa shape index (κ2) is 6.22. The van der Waals surface area contributed by atoms with Crippen molar-refractivity contribution in [1.82, 2.24) is 0 Å². The SMILES string of the molecule is CNc1ccc(C(=O)Nc2cc(Br)c(F)cc2F)c(C)c1. The van der Waals surface area contributed by atoms with E-state index < -0.39 is 17.5 Å². The van der Waals surface area contributed by atoms with Gasteiger partial charge in [0.25, 0.3) is 5.91 Å². The van der Waals surface area contributed by atoms with Crippen LogP contribution in [0.2, 0.25) is 0 Å². The van der Waals surface area contributed by atoms with Gasteiger partial charge in [-0.25, -0.2) is 8.78 Å². The molecule has 1 amide bonds. The zero-order valence-corrected chi connectivity index (χ0v) is 13.0. The first-order chi connectivity index (χ1) is 9.92. The Morgan fingerprint density at radius 2 is 1.86 bits per heavy atom. The molecule has 0 atom stereocenters. The second-order valence-corrected chi connectivity index (χ2v) is 5.33. The fourth-order valence-electron chi connectivity index (χ4n) is 1.88. The summed E-state index contributed by atoms with van der Waals surface area (Å²) in [5.41, 5.74) is 1.97. The Balaban J connectivity index is 2.28. The summed E-state index contributed by atoms with van der Waals surface area (Å²) in [5.74, 6) is -2.00. The smallest absolute Gasteiger partial charge is 0.256 e. The predicted octanol–water partition coefficient (Wildman–Crippen LogP) is 4.33. The van der Waals surface area contributed by atoms with Crippen LogP contribution in [0.15, 0.2) is 34.8 Å². The molecule has 0 saturated carbocycles. The van der Waals surface area contributed by atoms with E-state index >= 15 is 0 Å². The highest BCUT2D eigenvalue weighted by molar-refractivity contribution is 9.10. The van der Waals surface area contributed by atoms with Gasteiger partial charge in [-0.05, 0) is 52.7 Å². The zero-order valence-electron chi connectivity index (χ0n) is 11.4. The van der Waals surface area contributed by atoms with Crippen molar-refractivity contribution in [2.75, 3.05) is 17.7 Å². The zero-order chi connectivity index (χ0) is 15.6. The molecule has 0 aliphatic rings. The highest BCUT2D eigenvalue weighted by atomic mass is 79.9. The van der Waals surface area contributed by atoms with E-state index in [1.54, 1.807) is 26.1 Å². The Hall–Kier alpha value is -1.95. The molecule has 2 aromatic carbocycles. The van der Waals surface area contributed by atoms with Crippen molar-refractivity contribution < 1.29 is 13.6 Å². The summed E-state index contributed by atoms with van der Waals surface area (Å²) in [6.07, 6.45) is 0. The number of rotatable bonds is 3. The molecule has 2 N–H and O–H groups in total. The van der Waals surface area contributed by atoms with Crippen LogP contribution >= 0.6 is 15.9 Å². The summed E-state index contributed by atoms with van der Waals surface area (Å²) in [7, 11) is 1.78. The van der Waals surface area contributed by atoms with E-state index in [1.807, 2.05) is 6.07 Å². The third kappa shape index (κ3) is 3.39. The van der Waals surface area contributed by atoms with Crippen molar-refractivity contribution in [3.63, 3.8) is 0 Å². The molecule has 0 fully saturated rings. The lowest BCUT2D eigenvalue weighted by Gasteiger charge is -2.10. The lowest BCUT2D eigenvalue weighted by atomic mass is 10.1. The van der Waals surface area contributed by atoms with Gasteiger partial charge < -0.3 is 10.6 Å². The lowest BCUT2D eigenvalue weighted by molar-refractivity contribution is 0.102. The van der Waals surface area contributed by atoms with Crippen LogP contribution in [0.4, 0.5) is 20.2 Å². The summed E-state index contributed by atoms with van der Waals surface area (Å²) in [5, 5.41) is 5.41. The second-order valence-electron chi connectivity index (χ2n) is 4.48. The minimum Gasteiger partial charge on any atom is -0.388 e. The maximum atomic E-state index is 13.6. The third-order valence-corrected chi connectivity index (χ3v) is 3.63. The fraction of sp³-hybridized carbons (Fsp3) is 0.133. The van der Waals surface area contributed by atoms with Crippen molar-refractivity contribution in [3.05, 3.63) is 57.6 Å². The van der Waals surface area contributed by atoms with Crippen LogP contribution in [0.1, 0.15) is 15.9 Å². The molecule has 0 heterocycles. The van der Waals surface area contributed by atoms with Gasteiger partial charge in [0.05, 0.1) is 10.2 Å². The average molecular weight is 355 g/mol. The first-order valence-corrected chi connectivity index (χ1v) is 6.96. The van der Waals surface area contributed by atoms with Gasteiger partial charge in [-0.2, -0.15) is 0 Å². The minimum absolute atomic E-state index is 0.0784. The van der Waals surface area contributed by atoms with Crippen LogP contribution in [0.3, 0.4) is 0 Å². The molecule has 0 radical (unpaired) electrons. The van der Waals surface area contributed by atoms with Crippen molar-refractivity contribution >= 4 is 33.2 Å². The van der Waals surface area contributed by atoms with E-state index in [4.69, 9.17) is 0 Å². The molecule has 2 aromatic rings. The fourth-order valence-corrected chi connectivity index (χ4v) is 2.23. The van der Waals surface area contributed by atoms with E-state index in [2.05, 4.69) is 26.6 Å². The Morgan fingerprint density at radius 1 is 1.14 bits per heavy atom. The molecular formula is C15H13BrF2N2O. The van der Waals surface area contributed by atoms with Crippen LogP contribution in [0.25, 0.3) is 0 Å². The number of hydrogen-bond acceptors (Lipinski definition) is 2. The normalized spacial score (nSPS) is 10.3. The third-order valence-electron chi connectivity index (χ3n) is 3.02. The molecule has 0 aliphatic carbocycles. The van der Waals surface area contributed by atoms with E-state index in [-0.39, 0.29) is 10.2 Å². The summed E-state index contributed by atoms with van der Waals surface area (Å²) < 4.78 is 26.9. The molecule has 0 saturated heterocycles. The van der Waals surface area contributed by atoms with Gasteiger partial charge in [-0.15, -0.1) is 0 Å². The number of carbonyl (C=O) groups is 1. The van der Waals surface area contributed by atoms with E-state index in [0.717, 1.165) is 17.3 Å². The molecule has 110 valence electrons. The molecule has 0 bridgehead atoms. The summed E-state index contributed by atoms with van der Waals surface area (Å²) in [6, 6.07) is 7.12. The average Bonchev–Trinajstić information content (AvgIpc) is 2.44. The molecule has 0 aromatic heterocycles. The quantitative estimate of drug-likeness (QED) is 0.805. The van der Waals surface area contributed by atoms with E-state index in [1.165, 1.54) is 6.07 Å². The van der Waals surface area contributed by atoms with Crippen LogP contribution in [0, 0.1) is 18.6 Å². The Bertz CT molecular complexity index is 704. The molecule has 2 rings (SSSR count). The van der Waals surface area contributed by atoms with Crippen LogP contribution < -0.4 is 10.6 Å². The molecule has 3 nitrogen and oxygen atoms in total.